The molecule has 0 saturated heterocycles. The number of rotatable bonds is 7. The molecule has 0 aromatic rings. The summed E-state index contributed by atoms with van der Waals surface area (Å²) in [7, 11) is 0. The number of carbonyl (C=O) groups is 2. The largest absolute Gasteiger partial charge is 0.481 e. The Kier molecular flexibility index (Phi) is 6.84. The minimum atomic E-state index is -0.656. The molecule has 1 rings (SSSR count). The van der Waals surface area contributed by atoms with Gasteiger partial charge in [0.15, 0.2) is 0 Å². The summed E-state index contributed by atoms with van der Waals surface area (Å²) in [5.41, 5.74) is 0. The smallest absolute Gasteiger partial charge is 0.306 e. The topological polar surface area (TPSA) is 78.4 Å². The Morgan fingerprint density at radius 1 is 1.21 bits per heavy atom. The molecule has 0 unspecified atom stereocenters. The maximum absolute atomic E-state index is 11.4. The van der Waals surface area contributed by atoms with E-state index in [1.165, 1.54) is 0 Å². The fraction of sp³-hybridized carbons (Fsp3) is 0.857. The quantitative estimate of drug-likeness (QED) is 0.611. The molecule has 1 fully saturated rings. The Bertz CT molecular complexity index is 297. The predicted octanol–water partition coefficient (Wildman–Crippen LogP) is 1.38. The molecule has 0 bridgehead atoms. The molecule has 110 valence electrons. The lowest BCUT2D eigenvalue weighted by molar-refractivity contribution is -0.143. The highest BCUT2D eigenvalue weighted by atomic mass is 16.4. The summed E-state index contributed by atoms with van der Waals surface area (Å²) in [6.07, 6.45) is 4.03. The first-order chi connectivity index (χ1) is 8.99. The van der Waals surface area contributed by atoms with E-state index in [4.69, 9.17) is 5.11 Å². The fourth-order valence-corrected chi connectivity index (χ4v) is 2.52. The fourth-order valence-electron chi connectivity index (χ4n) is 2.52. The molecule has 3 N–H and O–H groups in total. The minimum Gasteiger partial charge on any atom is -0.481 e. The number of carbonyl (C=O) groups excluding carboxylic acids is 1. The Hall–Kier alpha value is -1.10. The molecule has 5 nitrogen and oxygen atoms in total. The van der Waals surface area contributed by atoms with Crippen molar-refractivity contribution in [2.75, 3.05) is 13.1 Å². The number of hydrogen-bond acceptors (Lipinski definition) is 3. The van der Waals surface area contributed by atoms with Crippen LogP contribution in [-0.2, 0) is 9.59 Å². The number of carboxylic acid groups (broad SMARTS) is 1. The third-order valence-corrected chi connectivity index (χ3v) is 3.61. The van der Waals surface area contributed by atoms with Crippen molar-refractivity contribution >= 4 is 11.9 Å². The van der Waals surface area contributed by atoms with E-state index in [0.717, 1.165) is 32.2 Å². The summed E-state index contributed by atoms with van der Waals surface area (Å²) in [4.78, 5) is 22.2. The minimum absolute atomic E-state index is 0.0806. The third kappa shape index (κ3) is 6.57. The third-order valence-electron chi connectivity index (χ3n) is 3.61. The Morgan fingerprint density at radius 3 is 2.37 bits per heavy atom. The number of nitrogens with one attached hydrogen (secondary N) is 2. The number of hydrogen-bond donors (Lipinski definition) is 3. The van der Waals surface area contributed by atoms with Gasteiger partial charge in [0.05, 0.1) is 5.92 Å². The molecule has 0 atom stereocenters. The van der Waals surface area contributed by atoms with E-state index in [9.17, 15) is 9.59 Å². The molecule has 0 radical (unpaired) electrons. The summed E-state index contributed by atoms with van der Waals surface area (Å²) in [5.74, 6) is -0.161. The second kappa shape index (κ2) is 8.15. The molecule has 0 aromatic carbocycles. The normalized spacial score (nSPS) is 23.3. The highest BCUT2D eigenvalue weighted by molar-refractivity contribution is 5.76. The zero-order valence-electron chi connectivity index (χ0n) is 11.9. The number of carboxylic acids is 1. The van der Waals surface area contributed by atoms with E-state index >= 15 is 0 Å². The van der Waals surface area contributed by atoms with Crippen molar-refractivity contribution in [3.8, 4) is 0 Å². The van der Waals surface area contributed by atoms with Crippen LogP contribution in [0.5, 0.6) is 0 Å². The average molecular weight is 270 g/mol. The lowest BCUT2D eigenvalue weighted by Crippen LogP contribution is -2.34. The molecular formula is C14H26N2O3. The van der Waals surface area contributed by atoms with Crippen LogP contribution < -0.4 is 10.6 Å². The second-order valence-electron chi connectivity index (χ2n) is 5.73. The first-order valence-corrected chi connectivity index (χ1v) is 7.22. The highest BCUT2D eigenvalue weighted by Gasteiger charge is 2.25. The van der Waals surface area contributed by atoms with E-state index in [2.05, 4.69) is 10.6 Å². The monoisotopic (exact) mass is 270 g/mol. The van der Waals surface area contributed by atoms with Crippen LogP contribution in [0.4, 0.5) is 0 Å². The molecule has 1 saturated carbocycles. The van der Waals surface area contributed by atoms with Crippen LogP contribution in [0.25, 0.3) is 0 Å². The van der Waals surface area contributed by atoms with Crippen LogP contribution in [0.3, 0.4) is 0 Å². The maximum atomic E-state index is 11.4. The first kappa shape index (κ1) is 16.0. The molecule has 1 amide bonds. The van der Waals surface area contributed by atoms with Gasteiger partial charge in [0.2, 0.25) is 5.91 Å². The van der Waals surface area contributed by atoms with Crippen molar-refractivity contribution in [3.63, 3.8) is 0 Å². The van der Waals surface area contributed by atoms with Crippen molar-refractivity contribution in [2.45, 2.75) is 52.0 Å². The zero-order valence-corrected chi connectivity index (χ0v) is 11.9. The van der Waals surface area contributed by atoms with E-state index in [1.54, 1.807) is 0 Å². The van der Waals surface area contributed by atoms with Crippen molar-refractivity contribution < 1.29 is 14.7 Å². The van der Waals surface area contributed by atoms with Gasteiger partial charge in [-0.05, 0) is 52.0 Å². The summed E-state index contributed by atoms with van der Waals surface area (Å²) >= 11 is 0. The van der Waals surface area contributed by atoms with Gasteiger partial charge < -0.3 is 15.7 Å². The first-order valence-electron chi connectivity index (χ1n) is 7.22. The standard InChI is InChI=1S/C14H26N2O3/c1-10(2)16-13(17)7-8-15-9-11-3-5-12(6-4-11)14(18)19/h10-12,15H,3-9H2,1-2H3,(H,16,17)(H,18,19). The second-order valence-corrected chi connectivity index (χ2v) is 5.73. The molecule has 1 aliphatic rings. The Labute approximate surface area is 115 Å². The van der Waals surface area contributed by atoms with Gasteiger partial charge in [-0.15, -0.1) is 0 Å². The van der Waals surface area contributed by atoms with Crippen LogP contribution in [0, 0.1) is 11.8 Å². The molecule has 0 heterocycles. The molecule has 19 heavy (non-hydrogen) atoms. The number of aliphatic carboxylic acids is 1. The molecule has 1 aliphatic carbocycles. The van der Waals surface area contributed by atoms with Crippen molar-refractivity contribution in [1.29, 1.82) is 0 Å². The molecular weight excluding hydrogens is 244 g/mol. The van der Waals surface area contributed by atoms with Crippen LogP contribution in [-0.4, -0.2) is 36.1 Å². The van der Waals surface area contributed by atoms with Gasteiger partial charge >= 0.3 is 5.97 Å². The predicted molar refractivity (Wildman–Crippen MR) is 73.8 cm³/mol. The van der Waals surface area contributed by atoms with E-state index < -0.39 is 5.97 Å². The number of amides is 1. The molecule has 0 aliphatic heterocycles. The zero-order chi connectivity index (χ0) is 14.3. The summed E-state index contributed by atoms with van der Waals surface area (Å²) in [5, 5.41) is 15.1. The van der Waals surface area contributed by atoms with Crippen LogP contribution in [0.1, 0.15) is 46.0 Å². The van der Waals surface area contributed by atoms with Gasteiger partial charge in [0.25, 0.3) is 0 Å². The van der Waals surface area contributed by atoms with Gasteiger partial charge in [-0.3, -0.25) is 9.59 Å². The molecule has 5 heteroatoms. The van der Waals surface area contributed by atoms with Crippen LogP contribution in [0.2, 0.25) is 0 Å². The van der Waals surface area contributed by atoms with E-state index in [0.29, 0.717) is 18.9 Å². The van der Waals surface area contributed by atoms with Crippen molar-refractivity contribution in [2.24, 2.45) is 11.8 Å². The lowest BCUT2D eigenvalue weighted by atomic mass is 9.82. The summed E-state index contributed by atoms with van der Waals surface area (Å²) in [6, 6.07) is 0.193. The highest BCUT2D eigenvalue weighted by Crippen LogP contribution is 2.28. The van der Waals surface area contributed by atoms with Crippen molar-refractivity contribution in [1.82, 2.24) is 10.6 Å². The van der Waals surface area contributed by atoms with Gasteiger partial charge in [-0.1, -0.05) is 0 Å². The van der Waals surface area contributed by atoms with Crippen LogP contribution in [0.15, 0.2) is 0 Å². The van der Waals surface area contributed by atoms with Crippen LogP contribution >= 0.6 is 0 Å². The Morgan fingerprint density at radius 2 is 1.84 bits per heavy atom. The lowest BCUT2D eigenvalue weighted by Gasteiger charge is -2.26. The summed E-state index contributed by atoms with van der Waals surface area (Å²) < 4.78 is 0. The van der Waals surface area contributed by atoms with Gasteiger partial charge in [-0.2, -0.15) is 0 Å². The molecule has 0 aromatic heterocycles. The van der Waals surface area contributed by atoms with Gasteiger partial charge in [0, 0.05) is 19.0 Å². The molecule has 0 spiro atoms. The SMILES string of the molecule is CC(C)NC(=O)CCNCC1CCC(C(=O)O)CC1. The summed E-state index contributed by atoms with van der Waals surface area (Å²) in [6.45, 7) is 5.48. The van der Waals surface area contributed by atoms with E-state index in [1.807, 2.05) is 13.8 Å². The van der Waals surface area contributed by atoms with E-state index in [-0.39, 0.29) is 17.9 Å². The van der Waals surface area contributed by atoms with Crippen molar-refractivity contribution in [3.05, 3.63) is 0 Å². The van der Waals surface area contributed by atoms with Gasteiger partial charge in [-0.25, -0.2) is 0 Å². The maximum Gasteiger partial charge on any atom is 0.306 e. The Balaban J connectivity index is 2.05. The average Bonchev–Trinajstić information content (AvgIpc) is 2.34. The van der Waals surface area contributed by atoms with Gasteiger partial charge in [0.1, 0.15) is 0 Å².